The minimum Gasteiger partial charge on any atom is -0.497 e. The number of aromatic nitrogens is 1. The molecule has 2 heterocycles. The van der Waals surface area contributed by atoms with Crippen molar-refractivity contribution >= 4 is 23.6 Å². The van der Waals surface area contributed by atoms with Gasteiger partial charge in [-0.1, -0.05) is 54.6 Å². The number of hydrazine groups is 1. The first-order valence-corrected chi connectivity index (χ1v) is 15.3. The highest BCUT2D eigenvalue weighted by atomic mass is 16.5. The molecule has 228 valence electrons. The van der Waals surface area contributed by atoms with E-state index in [0.29, 0.717) is 24.5 Å². The van der Waals surface area contributed by atoms with E-state index >= 15 is 0 Å². The number of hydrogen-bond acceptors (Lipinski definition) is 6. The number of amides is 2. The molecule has 1 saturated heterocycles. The zero-order valence-corrected chi connectivity index (χ0v) is 25.4. The van der Waals surface area contributed by atoms with E-state index in [-0.39, 0.29) is 23.7 Å². The molecule has 2 bridgehead atoms. The van der Waals surface area contributed by atoms with Gasteiger partial charge in [0.15, 0.2) is 0 Å². The van der Waals surface area contributed by atoms with Crippen molar-refractivity contribution in [3.05, 3.63) is 126 Å². The van der Waals surface area contributed by atoms with Crippen LogP contribution in [-0.4, -0.2) is 49.0 Å². The lowest BCUT2D eigenvalue weighted by Crippen LogP contribution is -2.63. The Morgan fingerprint density at radius 1 is 0.956 bits per heavy atom. The van der Waals surface area contributed by atoms with Crippen LogP contribution in [0.2, 0.25) is 0 Å². The third-order valence-corrected chi connectivity index (χ3v) is 10.2. The van der Waals surface area contributed by atoms with Gasteiger partial charge in [0.2, 0.25) is 11.8 Å². The normalized spacial score (nSPS) is 24.5. The first-order valence-electron chi connectivity index (χ1n) is 15.3. The fourth-order valence-corrected chi connectivity index (χ4v) is 8.29. The number of carbonyl (C=O) groups excluding carboxylic acids is 2. The topological polar surface area (TPSA) is 92.8 Å². The minimum absolute atomic E-state index is 0.0504. The van der Waals surface area contributed by atoms with Gasteiger partial charge >= 0.3 is 0 Å². The number of rotatable bonds is 8. The van der Waals surface area contributed by atoms with Gasteiger partial charge in [0.05, 0.1) is 31.5 Å². The van der Waals surface area contributed by atoms with Crippen molar-refractivity contribution in [2.75, 3.05) is 32.7 Å². The molecular weight excluding hydrogens is 564 g/mol. The molecule has 1 saturated carbocycles. The van der Waals surface area contributed by atoms with Gasteiger partial charge < -0.3 is 14.4 Å². The first-order chi connectivity index (χ1) is 22.0. The molecule has 8 nitrogen and oxygen atoms in total. The van der Waals surface area contributed by atoms with E-state index in [1.807, 2.05) is 53.4 Å². The van der Waals surface area contributed by atoms with E-state index in [1.165, 1.54) is 11.1 Å². The van der Waals surface area contributed by atoms with Crippen molar-refractivity contribution in [1.29, 1.82) is 0 Å². The lowest BCUT2D eigenvalue weighted by molar-refractivity contribution is -0.138. The van der Waals surface area contributed by atoms with Crippen LogP contribution < -0.4 is 20.3 Å². The third-order valence-electron chi connectivity index (χ3n) is 10.2. The largest absolute Gasteiger partial charge is 0.497 e. The predicted octanol–water partition coefficient (Wildman–Crippen LogP) is 5.58. The van der Waals surface area contributed by atoms with Gasteiger partial charge in [-0.15, -0.1) is 0 Å². The molecule has 2 amide bonds. The molecule has 1 aromatic heterocycles. The van der Waals surface area contributed by atoms with Crippen molar-refractivity contribution < 1.29 is 19.1 Å². The van der Waals surface area contributed by atoms with E-state index in [1.54, 1.807) is 38.8 Å². The van der Waals surface area contributed by atoms with Gasteiger partial charge in [0, 0.05) is 48.2 Å². The Morgan fingerprint density at radius 3 is 2.53 bits per heavy atom. The van der Waals surface area contributed by atoms with E-state index in [0.717, 1.165) is 29.7 Å². The number of carbonyl (C=O) groups is 2. The number of benzene rings is 3. The number of para-hydroxylation sites is 1. The maximum Gasteiger partial charge on any atom is 0.247 e. The molecule has 0 spiro atoms. The van der Waals surface area contributed by atoms with E-state index < -0.39 is 10.8 Å². The highest BCUT2D eigenvalue weighted by molar-refractivity contribution is 5.95. The smallest absolute Gasteiger partial charge is 0.247 e. The van der Waals surface area contributed by atoms with Crippen molar-refractivity contribution in [2.24, 2.45) is 11.3 Å². The molecule has 3 aromatic carbocycles. The molecular formula is C37H36N4O4. The molecule has 1 aliphatic heterocycles. The second-order valence-corrected chi connectivity index (χ2v) is 12.1. The quantitative estimate of drug-likeness (QED) is 0.203. The van der Waals surface area contributed by atoms with Crippen LogP contribution in [0.25, 0.3) is 6.08 Å². The Kier molecular flexibility index (Phi) is 7.28. The number of nitrogens with one attached hydrogen (secondary N) is 2. The maximum atomic E-state index is 14.7. The Balaban J connectivity index is 1.32. The van der Waals surface area contributed by atoms with Gasteiger partial charge in [0.1, 0.15) is 11.5 Å². The summed E-state index contributed by atoms with van der Waals surface area (Å²) in [6.45, 7) is 0.760. The summed E-state index contributed by atoms with van der Waals surface area (Å²) in [6, 6.07) is 28.1. The van der Waals surface area contributed by atoms with E-state index in [2.05, 4.69) is 52.2 Å². The molecule has 2 N–H and O–H groups in total. The number of pyridine rings is 1. The summed E-state index contributed by atoms with van der Waals surface area (Å²) >= 11 is 0. The number of likely N-dealkylation sites (tertiary alicyclic amines) is 1. The summed E-state index contributed by atoms with van der Waals surface area (Å²) in [5.74, 6) is 1.02. The van der Waals surface area contributed by atoms with Crippen molar-refractivity contribution in [3.8, 4) is 11.5 Å². The number of nitrogens with zero attached hydrogens (tertiary/aromatic N) is 2. The van der Waals surface area contributed by atoms with Crippen LogP contribution in [0.15, 0.2) is 103 Å². The second-order valence-electron chi connectivity index (χ2n) is 12.1. The SMILES string of the molecule is COc1ccc([C@@]23CC[C@@H](c4ccccc42)[C@@]2(C(=O)NNc4cccnc4)CN(C(=O)/C=C/c4ccccc4OC)C[C@@H]32)cc1. The number of ether oxygens (including phenoxy) is 2. The third kappa shape index (κ3) is 4.55. The van der Waals surface area contributed by atoms with Gasteiger partial charge in [0.25, 0.3) is 0 Å². The average molecular weight is 601 g/mol. The van der Waals surface area contributed by atoms with Crippen LogP contribution in [0.5, 0.6) is 11.5 Å². The predicted molar refractivity (Wildman–Crippen MR) is 173 cm³/mol. The summed E-state index contributed by atoms with van der Waals surface area (Å²) in [5.41, 5.74) is 9.88. The highest BCUT2D eigenvalue weighted by Gasteiger charge is 2.70. The first kappa shape index (κ1) is 28.6. The zero-order valence-electron chi connectivity index (χ0n) is 25.4. The minimum atomic E-state index is -0.865. The molecule has 4 aliphatic rings. The zero-order chi connectivity index (χ0) is 31.0. The molecule has 0 radical (unpaired) electrons. The van der Waals surface area contributed by atoms with Crippen molar-refractivity contribution in [2.45, 2.75) is 24.2 Å². The van der Waals surface area contributed by atoms with E-state index in [9.17, 15) is 9.59 Å². The molecule has 3 aliphatic carbocycles. The number of fused-ring (bicyclic) bond motifs is 1. The van der Waals surface area contributed by atoms with Crippen molar-refractivity contribution in [1.82, 2.24) is 15.3 Å². The Morgan fingerprint density at radius 2 is 1.76 bits per heavy atom. The van der Waals surface area contributed by atoms with Gasteiger partial charge in [-0.2, -0.15) is 0 Å². The fraction of sp³-hybridized carbons (Fsp3) is 0.270. The second kappa shape index (κ2) is 11.4. The van der Waals surface area contributed by atoms with Gasteiger partial charge in [-0.25, -0.2) is 0 Å². The molecule has 2 fully saturated rings. The number of hydrogen-bond donors (Lipinski definition) is 2. The Hall–Kier alpha value is -5.11. The standard InChI is InChI=1S/C37H36N4O4/c1-44-28-16-14-26(15-17-28)36-20-19-31(29-10-4-5-11-30(29)36)37(35(43)40-39-27-9-7-21-38-22-27)24-41(23-33(36)37)34(42)18-13-25-8-3-6-12-32(25)45-2/h3-18,21-22,31,33,39H,19-20,23-24H2,1-2H3,(H,40,43)/b18-13+/t31-,33-,36-,37-/m0/s1. The summed E-state index contributed by atoms with van der Waals surface area (Å²) < 4.78 is 11.0. The van der Waals surface area contributed by atoms with Crippen LogP contribution in [0.4, 0.5) is 5.69 Å². The van der Waals surface area contributed by atoms with E-state index in [4.69, 9.17) is 9.47 Å². The number of methoxy groups -OCH3 is 2. The molecule has 4 aromatic rings. The van der Waals surface area contributed by atoms with Gasteiger partial charge in [-0.3, -0.25) is 25.4 Å². The lowest BCUT2D eigenvalue weighted by atomic mass is 9.42. The Labute approximate surface area is 263 Å². The summed E-state index contributed by atoms with van der Waals surface area (Å²) in [6.07, 6.45) is 8.47. The summed E-state index contributed by atoms with van der Waals surface area (Å²) in [7, 11) is 3.28. The summed E-state index contributed by atoms with van der Waals surface area (Å²) in [5, 5.41) is 0. The molecule has 45 heavy (non-hydrogen) atoms. The van der Waals surface area contributed by atoms with Crippen molar-refractivity contribution in [3.63, 3.8) is 0 Å². The fourth-order valence-electron chi connectivity index (χ4n) is 8.29. The molecule has 0 unspecified atom stereocenters. The molecule has 8 rings (SSSR count). The average Bonchev–Trinajstić information content (AvgIpc) is 3.54. The Bertz CT molecular complexity index is 1760. The monoisotopic (exact) mass is 600 g/mol. The van der Waals surface area contributed by atoms with Crippen LogP contribution in [0.1, 0.15) is 41.0 Å². The molecule has 8 heteroatoms. The van der Waals surface area contributed by atoms with Crippen LogP contribution in [0, 0.1) is 11.3 Å². The molecule has 4 atom stereocenters. The summed E-state index contributed by atoms with van der Waals surface area (Å²) in [4.78, 5) is 34.7. The van der Waals surface area contributed by atoms with Crippen LogP contribution in [0.3, 0.4) is 0 Å². The maximum absolute atomic E-state index is 14.7. The van der Waals surface area contributed by atoms with Crippen LogP contribution >= 0.6 is 0 Å². The highest BCUT2D eigenvalue weighted by Crippen LogP contribution is 2.69. The van der Waals surface area contributed by atoms with Crippen LogP contribution in [-0.2, 0) is 15.0 Å². The number of anilines is 1. The lowest BCUT2D eigenvalue weighted by Gasteiger charge is -2.60. The van der Waals surface area contributed by atoms with Gasteiger partial charge in [-0.05, 0) is 65.9 Å².